The minimum absolute atomic E-state index is 0.189. The van der Waals surface area contributed by atoms with Gasteiger partial charge in [-0.1, -0.05) is 28.1 Å². The lowest BCUT2D eigenvalue weighted by molar-refractivity contribution is -0.310. The maximum Gasteiger partial charge on any atom is 0.165 e. The Morgan fingerprint density at radius 3 is 2.45 bits per heavy atom. The first kappa shape index (κ1) is 14.5. The second-order valence-corrected chi connectivity index (χ2v) is 5.32. The molecule has 1 atom stereocenters. The highest BCUT2D eigenvalue weighted by Crippen LogP contribution is 2.17. The second-order valence-electron chi connectivity index (χ2n) is 4.41. The number of nitrogens with zero attached hydrogens (tertiary/aromatic N) is 2. The molecule has 0 aliphatic heterocycles. The highest BCUT2D eigenvalue weighted by atomic mass is 79.9. The van der Waals surface area contributed by atoms with Crippen LogP contribution < -0.4 is 5.11 Å². The lowest BCUT2D eigenvalue weighted by Gasteiger charge is -2.18. The molecule has 1 heterocycles. The molecule has 0 saturated carbocycles. The summed E-state index contributed by atoms with van der Waals surface area (Å²) >= 11 is 3.28. The van der Waals surface area contributed by atoms with E-state index in [1.165, 1.54) is 10.9 Å². The fraction of sp³-hybridized carbons (Fsp3) is 0.214. The molecule has 20 heavy (non-hydrogen) atoms. The number of carbonyl (C=O) groups excluding carboxylic acids is 2. The maximum atomic E-state index is 12.1. The summed E-state index contributed by atoms with van der Waals surface area (Å²) in [4.78, 5) is 23.3. The van der Waals surface area contributed by atoms with Crippen LogP contribution in [0, 0.1) is 6.92 Å². The normalized spacial score (nSPS) is 12.1. The molecule has 0 spiro atoms. The standard InChI is InChI=1S/C14H13BrN2O3/c1-9-6-7-17(16-9)12(14(19)20)8-13(18)10-2-4-11(15)5-3-10/h2-7,12H,8H2,1H3,(H,19,20)/p-1/t12-/m0/s1. The van der Waals surface area contributed by atoms with Crippen molar-refractivity contribution in [3.8, 4) is 0 Å². The molecule has 0 saturated heterocycles. The minimum Gasteiger partial charge on any atom is -0.548 e. The van der Waals surface area contributed by atoms with Gasteiger partial charge in [0.05, 0.1) is 17.7 Å². The van der Waals surface area contributed by atoms with E-state index in [9.17, 15) is 14.7 Å². The van der Waals surface area contributed by atoms with Gasteiger partial charge in [0.2, 0.25) is 0 Å². The van der Waals surface area contributed by atoms with Gasteiger partial charge in [0.15, 0.2) is 5.78 Å². The Morgan fingerprint density at radius 2 is 1.95 bits per heavy atom. The van der Waals surface area contributed by atoms with Crippen molar-refractivity contribution in [2.45, 2.75) is 19.4 Å². The van der Waals surface area contributed by atoms with Crippen LogP contribution in [-0.2, 0) is 4.79 Å². The SMILES string of the molecule is Cc1ccn([C@@H](CC(=O)c2ccc(Br)cc2)C(=O)[O-])n1. The number of aliphatic carboxylic acids is 1. The summed E-state index contributed by atoms with van der Waals surface area (Å²) in [6.07, 6.45) is 1.34. The van der Waals surface area contributed by atoms with Gasteiger partial charge in [-0.2, -0.15) is 5.10 Å². The molecule has 2 aromatic rings. The molecule has 0 bridgehead atoms. The lowest BCUT2D eigenvalue weighted by Crippen LogP contribution is -2.35. The lowest BCUT2D eigenvalue weighted by atomic mass is 10.0. The van der Waals surface area contributed by atoms with E-state index < -0.39 is 12.0 Å². The highest BCUT2D eigenvalue weighted by molar-refractivity contribution is 9.10. The third kappa shape index (κ3) is 3.33. The molecule has 0 aliphatic rings. The van der Waals surface area contributed by atoms with Crippen LogP contribution in [0.1, 0.15) is 28.5 Å². The van der Waals surface area contributed by atoms with Crippen LogP contribution in [0.2, 0.25) is 0 Å². The molecule has 0 aliphatic carbocycles. The Kier molecular flexibility index (Phi) is 4.34. The summed E-state index contributed by atoms with van der Waals surface area (Å²) in [5, 5.41) is 15.2. The zero-order chi connectivity index (χ0) is 14.7. The van der Waals surface area contributed by atoms with Gasteiger partial charge < -0.3 is 9.90 Å². The Morgan fingerprint density at radius 1 is 1.30 bits per heavy atom. The first-order chi connectivity index (χ1) is 9.47. The van der Waals surface area contributed by atoms with Crippen molar-refractivity contribution >= 4 is 27.7 Å². The van der Waals surface area contributed by atoms with Gasteiger partial charge in [-0.3, -0.25) is 9.48 Å². The van der Waals surface area contributed by atoms with E-state index in [-0.39, 0.29) is 12.2 Å². The highest BCUT2D eigenvalue weighted by Gasteiger charge is 2.18. The summed E-state index contributed by atoms with van der Waals surface area (Å²) in [6, 6.07) is 7.35. The van der Waals surface area contributed by atoms with Crippen molar-refractivity contribution in [3.63, 3.8) is 0 Å². The number of hydrogen-bond acceptors (Lipinski definition) is 4. The summed E-state index contributed by atoms with van der Waals surface area (Å²) < 4.78 is 2.11. The molecule has 0 radical (unpaired) electrons. The Balaban J connectivity index is 2.18. The van der Waals surface area contributed by atoms with Gasteiger partial charge in [0.25, 0.3) is 0 Å². The number of hydrogen-bond donors (Lipinski definition) is 0. The van der Waals surface area contributed by atoms with E-state index >= 15 is 0 Å². The first-order valence-corrected chi connectivity index (χ1v) is 6.78. The van der Waals surface area contributed by atoms with Crippen molar-refractivity contribution in [3.05, 3.63) is 52.3 Å². The zero-order valence-corrected chi connectivity index (χ0v) is 12.3. The molecule has 0 fully saturated rings. The van der Waals surface area contributed by atoms with E-state index in [1.807, 2.05) is 0 Å². The molecule has 104 valence electrons. The van der Waals surface area contributed by atoms with Crippen LogP contribution in [0.25, 0.3) is 0 Å². The van der Waals surface area contributed by atoms with E-state index in [2.05, 4.69) is 21.0 Å². The van der Waals surface area contributed by atoms with Crippen LogP contribution in [0.15, 0.2) is 41.0 Å². The van der Waals surface area contributed by atoms with Crippen molar-refractivity contribution in [2.75, 3.05) is 0 Å². The fourth-order valence-corrected chi connectivity index (χ4v) is 2.09. The molecular formula is C14H12BrN2O3-. The van der Waals surface area contributed by atoms with Crippen LogP contribution in [0.3, 0.4) is 0 Å². The average molecular weight is 336 g/mol. The molecule has 0 N–H and O–H groups in total. The van der Waals surface area contributed by atoms with E-state index in [4.69, 9.17) is 0 Å². The molecule has 0 unspecified atom stereocenters. The molecule has 6 heteroatoms. The maximum absolute atomic E-state index is 12.1. The minimum atomic E-state index is -1.32. The van der Waals surface area contributed by atoms with Gasteiger partial charge in [0, 0.05) is 22.7 Å². The van der Waals surface area contributed by atoms with Crippen molar-refractivity contribution < 1.29 is 14.7 Å². The predicted molar refractivity (Wildman–Crippen MR) is 74.1 cm³/mol. The number of carbonyl (C=O) groups is 2. The first-order valence-electron chi connectivity index (χ1n) is 5.99. The van der Waals surface area contributed by atoms with Gasteiger partial charge in [-0.25, -0.2) is 0 Å². The number of carboxylic acids is 1. The van der Waals surface area contributed by atoms with Crippen LogP contribution in [-0.4, -0.2) is 21.5 Å². The van der Waals surface area contributed by atoms with Gasteiger partial charge in [-0.05, 0) is 25.1 Å². The second kappa shape index (κ2) is 6.00. The molecule has 1 aromatic heterocycles. The summed E-state index contributed by atoms with van der Waals surface area (Å²) in [5.41, 5.74) is 1.15. The molecule has 1 aromatic carbocycles. The number of ketones is 1. The summed E-state index contributed by atoms with van der Waals surface area (Å²) in [6.45, 7) is 1.75. The number of benzene rings is 1. The summed E-state index contributed by atoms with van der Waals surface area (Å²) in [5.74, 6) is -1.58. The van der Waals surface area contributed by atoms with Crippen LogP contribution in [0.5, 0.6) is 0 Å². The number of aryl methyl sites for hydroxylation is 1. The Bertz CT molecular complexity index is 634. The Labute approximate surface area is 124 Å². The van der Waals surface area contributed by atoms with Crippen LogP contribution in [0.4, 0.5) is 0 Å². The van der Waals surface area contributed by atoms with Crippen molar-refractivity contribution in [1.82, 2.24) is 9.78 Å². The number of rotatable bonds is 5. The van der Waals surface area contributed by atoms with Gasteiger partial charge in [0.1, 0.15) is 0 Å². The van der Waals surface area contributed by atoms with Crippen molar-refractivity contribution in [1.29, 1.82) is 0 Å². The predicted octanol–water partition coefficient (Wildman–Crippen LogP) is 1.52. The largest absolute Gasteiger partial charge is 0.548 e. The van der Waals surface area contributed by atoms with E-state index in [0.717, 1.165) is 4.47 Å². The molecule has 5 nitrogen and oxygen atoms in total. The van der Waals surface area contributed by atoms with Gasteiger partial charge >= 0.3 is 0 Å². The Hall–Kier alpha value is -1.95. The number of aromatic nitrogens is 2. The van der Waals surface area contributed by atoms with E-state index in [0.29, 0.717) is 11.3 Å². The molecule has 2 rings (SSSR count). The fourth-order valence-electron chi connectivity index (χ4n) is 1.82. The third-order valence-corrected chi connectivity index (χ3v) is 3.41. The zero-order valence-electron chi connectivity index (χ0n) is 10.7. The van der Waals surface area contributed by atoms with Crippen LogP contribution >= 0.6 is 15.9 Å². The average Bonchev–Trinajstić information content (AvgIpc) is 2.82. The summed E-state index contributed by atoms with van der Waals surface area (Å²) in [7, 11) is 0. The van der Waals surface area contributed by atoms with Crippen molar-refractivity contribution in [2.24, 2.45) is 0 Å². The number of Topliss-reactive ketones (excluding diaryl/α,β-unsaturated/α-hetero) is 1. The third-order valence-electron chi connectivity index (χ3n) is 2.88. The number of halogens is 1. The monoisotopic (exact) mass is 335 g/mol. The molecular weight excluding hydrogens is 324 g/mol. The topological polar surface area (TPSA) is 75.0 Å². The van der Waals surface area contributed by atoms with E-state index in [1.54, 1.807) is 37.3 Å². The smallest absolute Gasteiger partial charge is 0.165 e. The van der Waals surface area contributed by atoms with Gasteiger partial charge in [-0.15, -0.1) is 0 Å². The quantitative estimate of drug-likeness (QED) is 0.776. The number of carboxylic acid groups (broad SMARTS) is 1. The molecule has 0 amide bonds.